The lowest BCUT2D eigenvalue weighted by molar-refractivity contribution is 0.0773. The van der Waals surface area contributed by atoms with E-state index >= 15 is 0 Å². The minimum atomic E-state index is -3.74. The molecule has 0 spiro atoms. The average Bonchev–Trinajstić information content (AvgIpc) is 3.34. The molecule has 6 nitrogen and oxygen atoms in total. The fourth-order valence-corrected chi connectivity index (χ4v) is 7.88. The van der Waals surface area contributed by atoms with Crippen LogP contribution < -0.4 is 0 Å². The standard InChI is InChI=1S/C30H26FN3O3S/c1-29(38(36,37)25-7-3-2-4-8-25)15-14-22-17-27-21(19-33-34(27)24-12-10-23(31)11-13-24)18-30(22,20-29)28(35)26-9-5-6-16-32-26/h2-13,16-17,19H,14-15,18,20H2,1H3/t29-,30+/m1/s1. The third-order valence-corrected chi connectivity index (χ3v) is 10.5. The molecule has 2 atom stereocenters. The number of carbonyl (C=O) groups is 1. The molecule has 0 unspecified atom stereocenters. The van der Waals surface area contributed by atoms with Gasteiger partial charge in [0.25, 0.3) is 0 Å². The molecule has 0 amide bonds. The molecule has 0 radical (unpaired) electrons. The number of aromatic nitrogens is 3. The van der Waals surface area contributed by atoms with Crippen molar-refractivity contribution in [3.05, 3.63) is 114 Å². The van der Waals surface area contributed by atoms with Crippen LogP contribution >= 0.6 is 0 Å². The maximum absolute atomic E-state index is 14.3. The first kappa shape index (κ1) is 24.4. The molecule has 192 valence electrons. The number of benzene rings is 2. The summed E-state index contributed by atoms with van der Waals surface area (Å²) in [5, 5.41) is 4.56. The number of hydrogen-bond donors (Lipinski definition) is 0. The molecular formula is C30H26FN3O3S. The number of fused-ring (bicyclic) bond motifs is 2. The number of allylic oxidation sites excluding steroid dienone is 1. The van der Waals surface area contributed by atoms with Crippen LogP contribution in [0.1, 0.15) is 47.9 Å². The summed E-state index contributed by atoms with van der Waals surface area (Å²) >= 11 is 0. The monoisotopic (exact) mass is 527 g/mol. The highest BCUT2D eigenvalue weighted by Crippen LogP contribution is 2.55. The molecule has 2 aromatic heterocycles. The fraction of sp³-hybridized carbons (Fsp3) is 0.233. The van der Waals surface area contributed by atoms with Crippen molar-refractivity contribution >= 4 is 21.7 Å². The molecule has 2 aliphatic rings. The summed E-state index contributed by atoms with van der Waals surface area (Å²) in [5.41, 5.74) is 2.49. The molecule has 2 heterocycles. The van der Waals surface area contributed by atoms with Gasteiger partial charge in [0.1, 0.15) is 11.5 Å². The highest BCUT2D eigenvalue weighted by molar-refractivity contribution is 7.92. The van der Waals surface area contributed by atoms with Crippen LogP contribution in [0.2, 0.25) is 0 Å². The van der Waals surface area contributed by atoms with Gasteiger partial charge in [0, 0.05) is 6.20 Å². The number of nitrogens with zero attached hydrogens (tertiary/aromatic N) is 3. The van der Waals surface area contributed by atoms with Gasteiger partial charge in [0.15, 0.2) is 15.6 Å². The Balaban J connectivity index is 1.49. The second-order valence-electron chi connectivity index (χ2n) is 10.4. The summed E-state index contributed by atoms with van der Waals surface area (Å²) in [5.74, 6) is -0.516. The third-order valence-electron chi connectivity index (χ3n) is 8.01. The zero-order valence-electron chi connectivity index (χ0n) is 20.8. The van der Waals surface area contributed by atoms with Crippen molar-refractivity contribution in [2.45, 2.75) is 42.2 Å². The number of halogens is 1. The normalized spacial score (nSPS) is 22.7. The molecule has 38 heavy (non-hydrogen) atoms. The van der Waals surface area contributed by atoms with E-state index in [1.807, 2.05) is 6.08 Å². The van der Waals surface area contributed by atoms with Crippen LogP contribution in [-0.4, -0.2) is 33.7 Å². The Labute approximate surface area is 220 Å². The predicted molar refractivity (Wildman–Crippen MR) is 142 cm³/mol. The third kappa shape index (κ3) is 3.74. The Morgan fingerprint density at radius 2 is 1.74 bits per heavy atom. The second-order valence-corrected chi connectivity index (χ2v) is 12.8. The number of pyridine rings is 1. The Hall–Kier alpha value is -3.91. The van der Waals surface area contributed by atoms with Crippen LogP contribution in [-0.2, 0) is 16.3 Å². The maximum Gasteiger partial charge on any atom is 0.191 e. The van der Waals surface area contributed by atoms with E-state index in [1.165, 1.54) is 12.1 Å². The first-order valence-electron chi connectivity index (χ1n) is 12.5. The predicted octanol–water partition coefficient (Wildman–Crippen LogP) is 5.63. The van der Waals surface area contributed by atoms with Gasteiger partial charge < -0.3 is 0 Å². The quantitative estimate of drug-likeness (QED) is 0.314. The van der Waals surface area contributed by atoms with Gasteiger partial charge in [-0.15, -0.1) is 0 Å². The van der Waals surface area contributed by atoms with E-state index in [2.05, 4.69) is 10.1 Å². The molecule has 1 saturated carbocycles. The largest absolute Gasteiger partial charge is 0.291 e. The molecule has 0 saturated heterocycles. The topological polar surface area (TPSA) is 81.9 Å². The van der Waals surface area contributed by atoms with Crippen LogP contribution in [0.15, 0.2) is 95.7 Å². The molecule has 0 aliphatic heterocycles. The van der Waals surface area contributed by atoms with Crippen LogP contribution in [0.4, 0.5) is 4.39 Å². The molecule has 0 N–H and O–H groups in total. The highest BCUT2D eigenvalue weighted by atomic mass is 32.2. The first-order chi connectivity index (χ1) is 18.2. The van der Waals surface area contributed by atoms with Crippen molar-refractivity contribution in [2.24, 2.45) is 5.41 Å². The Morgan fingerprint density at radius 1 is 1.00 bits per heavy atom. The number of carbonyl (C=O) groups excluding carboxylic acids is 1. The SMILES string of the molecule is C[C@@]1(S(=O)(=O)c2ccccc2)CCC2=Cc3c(cnn3-c3ccc(F)cc3)C[C@]2(C(=O)c2ccccn2)C1. The fourth-order valence-electron chi connectivity index (χ4n) is 5.99. The van der Waals surface area contributed by atoms with Crippen molar-refractivity contribution < 1.29 is 17.6 Å². The van der Waals surface area contributed by atoms with E-state index in [4.69, 9.17) is 0 Å². The molecular weight excluding hydrogens is 501 g/mol. The lowest BCUT2D eigenvalue weighted by atomic mass is 9.59. The summed E-state index contributed by atoms with van der Waals surface area (Å²) < 4.78 is 42.0. The van der Waals surface area contributed by atoms with E-state index in [1.54, 1.807) is 84.7 Å². The van der Waals surface area contributed by atoms with Crippen LogP contribution in [0.5, 0.6) is 0 Å². The molecule has 2 aliphatic carbocycles. The summed E-state index contributed by atoms with van der Waals surface area (Å²) in [6.07, 6.45) is 6.55. The molecule has 1 fully saturated rings. The molecule has 4 aromatic rings. The van der Waals surface area contributed by atoms with Gasteiger partial charge in [-0.25, -0.2) is 17.5 Å². The van der Waals surface area contributed by atoms with E-state index < -0.39 is 20.0 Å². The van der Waals surface area contributed by atoms with E-state index in [9.17, 15) is 17.6 Å². The van der Waals surface area contributed by atoms with Gasteiger partial charge in [-0.05, 0) is 92.8 Å². The van der Waals surface area contributed by atoms with Gasteiger partial charge in [-0.1, -0.05) is 29.8 Å². The van der Waals surface area contributed by atoms with Crippen molar-refractivity contribution in [3.8, 4) is 5.69 Å². The highest BCUT2D eigenvalue weighted by Gasteiger charge is 2.56. The smallest absolute Gasteiger partial charge is 0.191 e. The van der Waals surface area contributed by atoms with Gasteiger partial charge in [-0.2, -0.15) is 5.10 Å². The first-order valence-corrected chi connectivity index (χ1v) is 14.0. The second kappa shape index (κ2) is 8.84. The van der Waals surface area contributed by atoms with Gasteiger partial charge >= 0.3 is 0 Å². The zero-order chi connectivity index (χ0) is 26.5. The van der Waals surface area contributed by atoms with Crippen molar-refractivity contribution in [1.29, 1.82) is 0 Å². The van der Waals surface area contributed by atoms with Gasteiger partial charge in [0.05, 0.1) is 32.6 Å². The molecule has 8 heteroatoms. The lowest BCUT2D eigenvalue weighted by Gasteiger charge is -2.48. The summed E-state index contributed by atoms with van der Waals surface area (Å²) in [7, 11) is -3.74. The Morgan fingerprint density at radius 3 is 2.45 bits per heavy atom. The van der Waals surface area contributed by atoms with Crippen LogP contribution in [0.3, 0.4) is 0 Å². The number of rotatable bonds is 5. The van der Waals surface area contributed by atoms with E-state index in [0.29, 0.717) is 30.6 Å². The molecule has 2 aromatic carbocycles. The van der Waals surface area contributed by atoms with E-state index in [-0.39, 0.29) is 22.9 Å². The Bertz CT molecular complexity index is 1660. The number of hydrogen-bond acceptors (Lipinski definition) is 5. The average molecular weight is 528 g/mol. The Kier molecular flexibility index (Phi) is 5.68. The van der Waals surface area contributed by atoms with Crippen molar-refractivity contribution in [1.82, 2.24) is 14.8 Å². The lowest BCUT2D eigenvalue weighted by Crippen LogP contribution is -2.51. The maximum atomic E-state index is 14.3. The molecule has 0 bridgehead atoms. The number of ketones is 1. The van der Waals surface area contributed by atoms with Crippen LogP contribution in [0, 0.1) is 11.2 Å². The van der Waals surface area contributed by atoms with Crippen molar-refractivity contribution in [2.75, 3.05) is 0 Å². The van der Waals surface area contributed by atoms with Crippen LogP contribution in [0.25, 0.3) is 11.8 Å². The summed E-state index contributed by atoms with van der Waals surface area (Å²) in [4.78, 5) is 18.9. The number of sulfone groups is 1. The zero-order valence-corrected chi connectivity index (χ0v) is 21.7. The minimum absolute atomic E-state index is 0.139. The number of Topliss-reactive ketones (excluding diaryl/α,β-unsaturated/α-hetero) is 1. The summed E-state index contributed by atoms with van der Waals surface area (Å²) in [6.45, 7) is 1.76. The minimum Gasteiger partial charge on any atom is -0.291 e. The van der Waals surface area contributed by atoms with E-state index in [0.717, 1.165) is 16.8 Å². The molecule has 6 rings (SSSR count). The van der Waals surface area contributed by atoms with Gasteiger partial charge in [-0.3, -0.25) is 9.78 Å². The van der Waals surface area contributed by atoms with Crippen molar-refractivity contribution in [3.63, 3.8) is 0 Å². The summed E-state index contributed by atoms with van der Waals surface area (Å²) in [6, 6.07) is 19.7. The van der Waals surface area contributed by atoms with Gasteiger partial charge in [0.2, 0.25) is 0 Å².